The molecule has 0 aliphatic rings. The standard InChI is InChI=1S/C13H10BrN3/c1-9-16-12(7-13(8-15)17-9)6-10-2-4-11(14)5-3-10/h2-5,7H,6H2,1H3. The lowest BCUT2D eigenvalue weighted by atomic mass is 10.1. The summed E-state index contributed by atoms with van der Waals surface area (Å²) in [5.74, 6) is 0.635. The highest BCUT2D eigenvalue weighted by Crippen LogP contribution is 2.13. The summed E-state index contributed by atoms with van der Waals surface area (Å²) in [5.41, 5.74) is 2.45. The molecular weight excluding hydrogens is 278 g/mol. The van der Waals surface area contributed by atoms with Crippen molar-refractivity contribution < 1.29 is 0 Å². The summed E-state index contributed by atoms with van der Waals surface area (Å²) in [6.45, 7) is 1.80. The van der Waals surface area contributed by atoms with Crippen molar-refractivity contribution in [1.29, 1.82) is 5.26 Å². The summed E-state index contributed by atoms with van der Waals surface area (Å²) in [5, 5.41) is 8.84. The van der Waals surface area contributed by atoms with Crippen molar-refractivity contribution in [3.63, 3.8) is 0 Å². The average molecular weight is 288 g/mol. The van der Waals surface area contributed by atoms with Crippen molar-refractivity contribution in [3.05, 3.63) is 57.6 Å². The molecule has 0 amide bonds. The Hall–Kier alpha value is -1.73. The van der Waals surface area contributed by atoms with Crippen LogP contribution in [0.4, 0.5) is 0 Å². The Morgan fingerprint density at radius 1 is 1.24 bits per heavy atom. The Kier molecular flexibility index (Phi) is 3.50. The third-order valence-electron chi connectivity index (χ3n) is 2.30. The van der Waals surface area contributed by atoms with Gasteiger partial charge in [0.25, 0.3) is 0 Å². The molecule has 0 radical (unpaired) electrons. The molecule has 2 rings (SSSR count). The molecular formula is C13H10BrN3. The zero-order chi connectivity index (χ0) is 12.3. The molecule has 0 aliphatic heterocycles. The van der Waals surface area contributed by atoms with Gasteiger partial charge >= 0.3 is 0 Å². The number of nitrogens with zero attached hydrogens (tertiary/aromatic N) is 3. The van der Waals surface area contributed by atoms with Crippen LogP contribution < -0.4 is 0 Å². The molecule has 0 N–H and O–H groups in total. The second-order valence-corrected chi connectivity index (χ2v) is 4.62. The van der Waals surface area contributed by atoms with Crippen LogP contribution in [-0.4, -0.2) is 9.97 Å². The maximum atomic E-state index is 8.84. The molecule has 0 atom stereocenters. The van der Waals surface area contributed by atoms with Gasteiger partial charge in [-0.1, -0.05) is 28.1 Å². The van der Waals surface area contributed by atoms with E-state index < -0.39 is 0 Å². The average Bonchev–Trinajstić information content (AvgIpc) is 2.31. The Bertz CT molecular complexity index is 570. The van der Waals surface area contributed by atoms with Gasteiger partial charge in [-0.3, -0.25) is 0 Å². The van der Waals surface area contributed by atoms with Crippen LogP contribution in [0.5, 0.6) is 0 Å². The van der Waals surface area contributed by atoms with Crippen LogP contribution in [-0.2, 0) is 6.42 Å². The lowest BCUT2D eigenvalue weighted by Crippen LogP contribution is -1.99. The van der Waals surface area contributed by atoms with Gasteiger partial charge in [0.1, 0.15) is 17.6 Å². The predicted octanol–water partition coefficient (Wildman–Crippen LogP) is 3.01. The predicted molar refractivity (Wildman–Crippen MR) is 68.4 cm³/mol. The minimum absolute atomic E-state index is 0.421. The van der Waals surface area contributed by atoms with Crippen LogP contribution in [0.1, 0.15) is 22.8 Å². The quantitative estimate of drug-likeness (QED) is 0.853. The molecule has 0 spiro atoms. The third kappa shape index (κ3) is 3.11. The van der Waals surface area contributed by atoms with Crippen LogP contribution in [0, 0.1) is 18.3 Å². The Morgan fingerprint density at radius 2 is 1.94 bits per heavy atom. The molecule has 1 heterocycles. The minimum Gasteiger partial charge on any atom is -0.238 e. The normalized spacial score (nSPS) is 9.94. The fraction of sp³-hybridized carbons (Fsp3) is 0.154. The SMILES string of the molecule is Cc1nc(C#N)cc(Cc2ccc(Br)cc2)n1. The van der Waals surface area contributed by atoms with Crippen LogP contribution in [0.15, 0.2) is 34.8 Å². The number of halogens is 1. The van der Waals surface area contributed by atoms with Crippen molar-refractivity contribution in [2.45, 2.75) is 13.3 Å². The summed E-state index contributed by atoms with van der Waals surface area (Å²) >= 11 is 3.40. The molecule has 3 nitrogen and oxygen atoms in total. The Morgan fingerprint density at radius 3 is 2.59 bits per heavy atom. The fourth-order valence-electron chi connectivity index (χ4n) is 1.59. The molecule has 0 fully saturated rings. The second kappa shape index (κ2) is 5.07. The monoisotopic (exact) mass is 287 g/mol. The summed E-state index contributed by atoms with van der Waals surface area (Å²) < 4.78 is 1.05. The van der Waals surface area contributed by atoms with Crippen LogP contribution >= 0.6 is 15.9 Å². The molecule has 84 valence electrons. The highest BCUT2D eigenvalue weighted by Gasteiger charge is 2.02. The van der Waals surface area contributed by atoms with Gasteiger partial charge in [-0.05, 0) is 30.7 Å². The minimum atomic E-state index is 0.421. The van der Waals surface area contributed by atoms with E-state index in [0.717, 1.165) is 15.7 Å². The first-order chi connectivity index (χ1) is 8.17. The zero-order valence-corrected chi connectivity index (χ0v) is 10.9. The van der Waals surface area contributed by atoms with E-state index >= 15 is 0 Å². The van der Waals surface area contributed by atoms with E-state index in [1.54, 1.807) is 13.0 Å². The molecule has 1 aromatic carbocycles. The molecule has 0 aliphatic carbocycles. The molecule has 1 aromatic heterocycles. The lowest BCUT2D eigenvalue weighted by molar-refractivity contribution is 0.957. The molecule has 0 saturated heterocycles. The highest BCUT2D eigenvalue weighted by molar-refractivity contribution is 9.10. The van der Waals surface area contributed by atoms with Gasteiger partial charge in [-0.15, -0.1) is 0 Å². The van der Waals surface area contributed by atoms with Crippen LogP contribution in [0.25, 0.3) is 0 Å². The van der Waals surface area contributed by atoms with Crippen molar-refractivity contribution in [1.82, 2.24) is 9.97 Å². The van der Waals surface area contributed by atoms with E-state index in [0.29, 0.717) is 17.9 Å². The molecule has 0 bridgehead atoms. The van der Waals surface area contributed by atoms with E-state index in [9.17, 15) is 0 Å². The smallest absolute Gasteiger partial charge is 0.144 e. The first kappa shape index (κ1) is 11.7. The van der Waals surface area contributed by atoms with Crippen LogP contribution in [0.2, 0.25) is 0 Å². The highest BCUT2D eigenvalue weighted by atomic mass is 79.9. The number of hydrogen-bond acceptors (Lipinski definition) is 3. The Balaban J connectivity index is 2.27. The van der Waals surface area contributed by atoms with Crippen molar-refractivity contribution in [2.24, 2.45) is 0 Å². The van der Waals surface area contributed by atoms with E-state index in [1.807, 2.05) is 30.3 Å². The van der Waals surface area contributed by atoms with Gasteiger partial charge in [0.15, 0.2) is 0 Å². The lowest BCUT2D eigenvalue weighted by Gasteiger charge is -2.03. The molecule has 17 heavy (non-hydrogen) atoms. The van der Waals surface area contributed by atoms with Gasteiger partial charge in [-0.25, -0.2) is 9.97 Å². The van der Waals surface area contributed by atoms with Crippen molar-refractivity contribution in [2.75, 3.05) is 0 Å². The Labute approximate surface area is 108 Å². The van der Waals surface area contributed by atoms with Gasteiger partial charge in [0.05, 0.1) is 0 Å². The topological polar surface area (TPSA) is 49.6 Å². The molecule has 2 aromatic rings. The van der Waals surface area contributed by atoms with E-state index in [2.05, 4.69) is 25.9 Å². The van der Waals surface area contributed by atoms with Gasteiger partial charge < -0.3 is 0 Å². The number of benzene rings is 1. The van der Waals surface area contributed by atoms with E-state index in [4.69, 9.17) is 5.26 Å². The molecule has 0 unspecified atom stereocenters. The first-order valence-corrected chi connectivity index (χ1v) is 5.96. The maximum Gasteiger partial charge on any atom is 0.144 e. The molecule has 4 heteroatoms. The van der Waals surface area contributed by atoms with Crippen LogP contribution in [0.3, 0.4) is 0 Å². The number of nitriles is 1. The summed E-state index contributed by atoms with van der Waals surface area (Å²) in [6, 6.07) is 11.8. The first-order valence-electron chi connectivity index (χ1n) is 5.16. The summed E-state index contributed by atoms with van der Waals surface area (Å²) in [6.07, 6.45) is 0.714. The number of hydrogen-bond donors (Lipinski definition) is 0. The molecule has 0 saturated carbocycles. The van der Waals surface area contributed by atoms with Gasteiger partial charge in [0.2, 0.25) is 0 Å². The van der Waals surface area contributed by atoms with Gasteiger partial charge in [-0.2, -0.15) is 5.26 Å². The largest absolute Gasteiger partial charge is 0.238 e. The summed E-state index contributed by atoms with van der Waals surface area (Å²) in [7, 11) is 0. The maximum absolute atomic E-state index is 8.84. The second-order valence-electron chi connectivity index (χ2n) is 3.71. The van der Waals surface area contributed by atoms with E-state index in [-0.39, 0.29) is 0 Å². The number of aryl methyl sites for hydroxylation is 1. The number of rotatable bonds is 2. The fourth-order valence-corrected chi connectivity index (χ4v) is 1.85. The van der Waals surface area contributed by atoms with Crippen molar-refractivity contribution >= 4 is 15.9 Å². The van der Waals surface area contributed by atoms with Crippen molar-refractivity contribution in [3.8, 4) is 6.07 Å². The zero-order valence-electron chi connectivity index (χ0n) is 9.31. The number of aromatic nitrogens is 2. The third-order valence-corrected chi connectivity index (χ3v) is 2.83. The van der Waals surface area contributed by atoms with E-state index in [1.165, 1.54) is 0 Å². The van der Waals surface area contributed by atoms with Gasteiger partial charge in [0, 0.05) is 16.6 Å². The summed E-state index contributed by atoms with van der Waals surface area (Å²) in [4.78, 5) is 8.35.